The Morgan fingerprint density at radius 2 is 2.07 bits per heavy atom. The topological polar surface area (TPSA) is 26.3 Å². The number of ether oxygens (including phenoxy) is 1. The average Bonchev–Trinajstić information content (AvgIpc) is 2.27. The standard InChI is InChI=1S/C13H16O2/c1-11(8-9-13(14)15-2)10-12-6-4-3-5-7-12/h3-9,11H,10H2,1-2H3. The van der Waals surface area contributed by atoms with Crippen molar-refractivity contribution in [3.63, 3.8) is 0 Å². The van der Waals surface area contributed by atoms with Crippen LogP contribution in [0.4, 0.5) is 0 Å². The van der Waals surface area contributed by atoms with Crippen LogP contribution in [0.1, 0.15) is 12.5 Å². The maximum atomic E-state index is 10.9. The van der Waals surface area contributed by atoms with Crippen LogP contribution in [0.3, 0.4) is 0 Å². The Labute approximate surface area is 90.6 Å². The molecule has 0 aliphatic carbocycles. The van der Waals surface area contributed by atoms with Gasteiger partial charge in [-0.3, -0.25) is 0 Å². The van der Waals surface area contributed by atoms with E-state index in [1.807, 2.05) is 24.3 Å². The Hall–Kier alpha value is -1.57. The van der Waals surface area contributed by atoms with Gasteiger partial charge in [0.1, 0.15) is 0 Å². The molecule has 0 aliphatic rings. The van der Waals surface area contributed by atoms with E-state index in [0.717, 1.165) is 6.42 Å². The molecule has 15 heavy (non-hydrogen) atoms. The third-order valence-electron chi connectivity index (χ3n) is 2.16. The number of rotatable bonds is 4. The van der Waals surface area contributed by atoms with Crippen LogP contribution >= 0.6 is 0 Å². The van der Waals surface area contributed by atoms with Crippen molar-refractivity contribution in [3.05, 3.63) is 48.0 Å². The number of hydrogen-bond acceptors (Lipinski definition) is 2. The second kappa shape index (κ2) is 6.02. The van der Waals surface area contributed by atoms with Crippen molar-refractivity contribution in [1.29, 1.82) is 0 Å². The van der Waals surface area contributed by atoms with Gasteiger partial charge in [0.05, 0.1) is 7.11 Å². The summed E-state index contributed by atoms with van der Waals surface area (Å²) >= 11 is 0. The van der Waals surface area contributed by atoms with E-state index in [9.17, 15) is 4.79 Å². The van der Waals surface area contributed by atoms with Gasteiger partial charge in [0, 0.05) is 6.08 Å². The number of benzene rings is 1. The summed E-state index contributed by atoms with van der Waals surface area (Å²) < 4.78 is 4.53. The van der Waals surface area contributed by atoms with Gasteiger partial charge in [0.2, 0.25) is 0 Å². The van der Waals surface area contributed by atoms with E-state index < -0.39 is 0 Å². The van der Waals surface area contributed by atoms with Gasteiger partial charge in [-0.1, -0.05) is 43.3 Å². The zero-order chi connectivity index (χ0) is 11.1. The number of esters is 1. The van der Waals surface area contributed by atoms with Crippen molar-refractivity contribution in [2.75, 3.05) is 7.11 Å². The predicted octanol–water partition coefficient (Wildman–Crippen LogP) is 2.59. The summed E-state index contributed by atoms with van der Waals surface area (Å²) in [5.41, 5.74) is 1.28. The van der Waals surface area contributed by atoms with Crippen LogP contribution in [-0.4, -0.2) is 13.1 Å². The molecule has 2 nitrogen and oxygen atoms in total. The molecule has 1 aromatic rings. The van der Waals surface area contributed by atoms with Crippen LogP contribution < -0.4 is 0 Å². The first-order chi connectivity index (χ1) is 7.22. The summed E-state index contributed by atoms with van der Waals surface area (Å²) in [7, 11) is 1.38. The van der Waals surface area contributed by atoms with E-state index >= 15 is 0 Å². The Balaban J connectivity index is 2.46. The monoisotopic (exact) mass is 204 g/mol. The maximum absolute atomic E-state index is 10.9. The molecule has 2 heteroatoms. The number of carbonyl (C=O) groups excluding carboxylic acids is 1. The van der Waals surface area contributed by atoms with E-state index in [0.29, 0.717) is 5.92 Å². The lowest BCUT2D eigenvalue weighted by molar-refractivity contribution is -0.134. The van der Waals surface area contributed by atoms with Gasteiger partial charge in [-0.05, 0) is 17.9 Å². The fourth-order valence-electron chi connectivity index (χ4n) is 1.36. The normalized spacial score (nSPS) is 12.7. The van der Waals surface area contributed by atoms with Gasteiger partial charge >= 0.3 is 5.97 Å². The average molecular weight is 204 g/mol. The minimum absolute atomic E-state index is 0.296. The van der Waals surface area contributed by atoms with Crippen molar-refractivity contribution in [2.45, 2.75) is 13.3 Å². The van der Waals surface area contributed by atoms with E-state index in [-0.39, 0.29) is 5.97 Å². The third kappa shape index (κ3) is 4.45. The van der Waals surface area contributed by atoms with Crippen molar-refractivity contribution >= 4 is 5.97 Å². The van der Waals surface area contributed by atoms with Gasteiger partial charge in [-0.15, -0.1) is 0 Å². The molecule has 0 spiro atoms. The summed E-state index contributed by atoms with van der Waals surface area (Å²) in [6.45, 7) is 2.08. The first-order valence-corrected chi connectivity index (χ1v) is 5.02. The third-order valence-corrected chi connectivity index (χ3v) is 2.16. The van der Waals surface area contributed by atoms with Gasteiger partial charge in [0.15, 0.2) is 0 Å². The summed E-state index contributed by atoms with van der Waals surface area (Å²) in [4.78, 5) is 10.9. The second-order valence-electron chi connectivity index (χ2n) is 3.55. The molecule has 1 aromatic carbocycles. The van der Waals surface area contributed by atoms with Crippen LogP contribution in [0.25, 0.3) is 0 Å². The Morgan fingerprint density at radius 3 is 2.67 bits per heavy atom. The minimum Gasteiger partial charge on any atom is -0.466 e. The smallest absolute Gasteiger partial charge is 0.330 e. The molecule has 0 saturated carbocycles. The highest BCUT2D eigenvalue weighted by atomic mass is 16.5. The summed E-state index contributed by atoms with van der Waals surface area (Å²) in [6.07, 6.45) is 4.29. The Morgan fingerprint density at radius 1 is 1.40 bits per heavy atom. The molecule has 0 heterocycles. The number of hydrogen-bond donors (Lipinski definition) is 0. The second-order valence-corrected chi connectivity index (χ2v) is 3.55. The molecule has 0 N–H and O–H groups in total. The lowest BCUT2D eigenvalue weighted by Crippen LogP contribution is -1.99. The SMILES string of the molecule is COC(=O)C=CC(C)Cc1ccccc1. The predicted molar refractivity (Wildman–Crippen MR) is 60.5 cm³/mol. The van der Waals surface area contributed by atoms with Crippen LogP contribution in [0, 0.1) is 5.92 Å². The van der Waals surface area contributed by atoms with Crippen molar-refractivity contribution in [2.24, 2.45) is 5.92 Å². The van der Waals surface area contributed by atoms with E-state index in [4.69, 9.17) is 0 Å². The molecular weight excluding hydrogens is 188 g/mol. The highest BCUT2D eigenvalue weighted by Gasteiger charge is 2.00. The molecule has 80 valence electrons. The van der Waals surface area contributed by atoms with Crippen molar-refractivity contribution in [1.82, 2.24) is 0 Å². The lowest BCUT2D eigenvalue weighted by Gasteiger charge is -2.05. The quantitative estimate of drug-likeness (QED) is 0.556. The molecule has 0 fully saturated rings. The van der Waals surface area contributed by atoms with Crippen LogP contribution in [-0.2, 0) is 16.0 Å². The molecule has 0 radical (unpaired) electrons. The maximum Gasteiger partial charge on any atom is 0.330 e. The summed E-state index contributed by atoms with van der Waals surface area (Å²) in [5.74, 6) is 0.0430. The zero-order valence-corrected chi connectivity index (χ0v) is 9.14. The zero-order valence-electron chi connectivity index (χ0n) is 9.14. The van der Waals surface area contributed by atoms with Gasteiger partial charge in [0.25, 0.3) is 0 Å². The molecule has 0 bridgehead atoms. The molecule has 0 saturated heterocycles. The fourth-order valence-corrected chi connectivity index (χ4v) is 1.36. The van der Waals surface area contributed by atoms with Gasteiger partial charge in [-0.25, -0.2) is 4.79 Å². The van der Waals surface area contributed by atoms with E-state index in [2.05, 4.69) is 23.8 Å². The highest BCUT2D eigenvalue weighted by Crippen LogP contribution is 2.09. The molecule has 0 aliphatic heterocycles. The molecule has 1 unspecified atom stereocenters. The Kier molecular flexibility index (Phi) is 4.61. The summed E-state index contributed by atoms with van der Waals surface area (Å²) in [5, 5.41) is 0. The molecule has 0 aromatic heterocycles. The van der Waals surface area contributed by atoms with E-state index in [1.165, 1.54) is 18.7 Å². The molecule has 1 atom stereocenters. The number of methoxy groups -OCH3 is 1. The fraction of sp³-hybridized carbons (Fsp3) is 0.308. The van der Waals surface area contributed by atoms with Gasteiger partial charge in [-0.2, -0.15) is 0 Å². The number of carbonyl (C=O) groups is 1. The summed E-state index contributed by atoms with van der Waals surface area (Å²) in [6, 6.07) is 10.2. The molecule has 0 amide bonds. The van der Waals surface area contributed by atoms with Crippen molar-refractivity contribution in [3.8, 4) is 0 Å². The Bertz CT molecular complexity index is 328. The largest absolute Gasteiger partial charge is 0.466 e. The molecule has 1 rings (SSSR count). The van der Waals surface area contributed by atoms with E-state index in [1.54, 1.807) is 0 Å². The molecular formula is C13H16O2. The number of allylic oxidation sites excluding steroid dienone is 1. The first-order valence-electron chi connectivity index (χ1n) is 5.02. The highest BCUT2D eigenvalue weighted by molar-refractivity contribution is 5.81. The van der Waals surface area contributed by atoms with Gasteiger partial charge < -0.3 is 4.74 Å². The first kappa shape index (κ1) is 11.5. The van der Waals surface area contributed by atoms with Crippen molar-refractivity contribution < 1.29 is 9.53 Å². The van der Waals surface area contributed by atoms with Crippen LogP contribution in [0.15, 0.2) is 42.5 Å². The van der Waals surface area contributed by atoms with Crippen LogP contribution in [0.2, 0.25) is 0 Å². The minimum atomic E-state index is -0.296. The lowest BCUT2D eigenvalue weighted by atomic mass is 10.0. The van der Waals surface area contributed by atoms with Crippen LogP contribution in [0.5, 0.6) is 0 Å².